The van der Waals surface area contributed by atoms with Gasteiger partial charge in [-0.3, -0.25) is 0 Å². The number of phenols is 1. The highest BCUT2D eigenvalue weighted by molar-refractivity contribution is 6.40. The summed E-state index contributed by atoms with van der Waals surface area (Å²) in [5.41, 5.74) is 3.95. The Morgan fingerprint density at radius 3 is 2.33 bits per heavy atom. The number of unbranched alkanes of at least 4 members (excludes halogenated alkanes) is 1. The first-order valence-electron chi connectivity index (χ1n) is 12.6. The number of phenolic OH excluding ortho intramolecular Hbond substituents is 1. The maximum Gasteiger partial charge on any atom is 0.222 e. The lowest BCUT2D eigenvalue weighted by atomic mass is 10.0. The van der Waals surface area contributed by atoms with Crippen LogP contribution in [0.4, 0.5) is 11.6 Å². The highest BCUT2D eigenvalue weighted by Crippen LogP contribution is 2.27. The number of halogens is 2. The van der Waals surface area contributed by atoms with E-state index in [0.717, 1.165) is 23.6 Å². The van der Waals surface area contributed by atoms with Crippen LogP contribution in [0.2, 0.25) is 10.0 Å². The zero-order chi connectivity index (χ0) is 26.5. The fourth-order valence-electron chi connectivity index (χ4n) is 3.47. The minimum absolute atomic E-state index is 0.264. The molecular formula is C29H38Cl2N4O. The molecule has 0 radical (unpaired) electrons. The molecular weight excluding hydrogens is 491 g/mol. The second-order valence-electron chi connectivity index (χ2n) is 8.96. The zero-order valence-corrected chi connectivity index (χ0v) is 23.5. The van der Waals surface area contributed by atoms with E-state index in [-0.39, 0.29) is 5.75 Å². The summed E-state index contributed by atoms with van der Waals surface area (Å²) in [4.78, 5) is 13.4. The largest absolute Gasteiger partial charge is 0.508 e. The van der Waals surface area contributed by atoms with Crippen LogP contribution < -0.4 is 5.32 Å². The number of aromatic nitrogens is 2. The molecule has 3 rings (SSSR count). The molecule has 0 bridgehead atoms. The van der Waals surface area contributed by atoms with Gasteiger partial charge in [0.15, 0.2) is 0 Å². The third-order valence-electron chi connectivity index (χ3n) is 5.95. The fraction of sp³-hybridized carbons (Fsp3) is 0.414. The second kappa shape index (κ2) is 15.5. The number of hydrogen-bond donors (Lipinski definition) is 2. The Morgan fingerprint density at radius 2 is 1.75 bits per heavy atom. The van der Waals surface area contributed by atoms with Crippen LogP contribution in [0.1, 0.15) is 70.2 Å². The summed E-state index contributed by atoms with van der Waals surface area (Å²) in [7, 11) is 0. The van der Waals surface area contributed by atoms with Gasteiger partial charge in [0.05, 0.1) is 21.9 Å². The average molecular weight is 530 g/mol. The first kappa shape index (κ1) is 29.6. The molecule has 7 heteroatoms. The Morgan fingerprint density at radius 1 is 1.08 bits per heavy atom. The molecule has 2 aromatic carbocycles. The molecule has 0 spiro atoms. The smallest absolute Gasteiger partial charge is 0.222 e. The summed E-state index contributed by atoms with van der Waals surface area (Å²) in [6, 6.07) is 12.5. The quantitative estimate of drug-likeness (QED) is 0.258. The Kier molecular flexibility index (Phi) is 12.7. The van der Waals surface area contributed by atoms with Crippen LogP contribution in [-0.2, 0) is 6.42 Å². The molecule has 1 unspecified atom stereocenters. The SMILES string of the molecule is CC(=Nc1cnc(NCCc2ccc(O)cc2)nc1C)c1c(Cl)cccc1Cl.CCCCC(C)CC. The Labute approximate surface area is 226 Å². The molecule has 1 aromatic heterocycles. The second-order valence-corrected chi connectivity index (χ2v) is 9.77. The number of aromatic hydroxyl groups is 1. The van der Waals surface area contributed by atoms with Crippen molar-refractivity contribution in [2.45, 2.75) is 66.7 Å². The number of aryl methyl sites for hydroxylation is 1. The maximum absolute atomic E-state index is 9.32. The van der Waals surface area contributed by atoms with Gasteiger partial charge in [0.2, 0.25) is 5.95 Å². The van der Waals surface area contributed by atoms with Crippen LogP contribution in [0.15, 0.2) is 53.7 Å². The molecule has 3 aromatic rings. The summed E-state index contributed by atoms with van der Waals surface area (Å²) in [5.74, 6) is 1.76. The molecule has 5 nitrogen and oxygen atoms in total. The van der Waals surface area contributed by atoms with Crippen LogP contribution in [0.25, 0.3) is 0 Å². The van der Waals surface area contributed by atoms with E-state index in [1.165, 1.54) is 25.7 Å². The minimum Gasteiger partial charge on any atom is -0.508 e. The van der Waals surface area contributed by atoms with Crippen LogP contribution in [0.5, 0.6) is 5.75 Å². The molecule has 0 fully saturated rings. The van der Waals surface area contributed by atoms with Crippen LogP contribution >= 0.6 is 23.2 Å². The van der Waals surface area contributed by atoms with Crippen molar-refractivity contribution < 1.29 is 5.11 Å². The van der Waals surface area contributed by atoms with E-state index in [4.69, 9.17) is 23.2 Å². The minimum atomic E-state index is 0.264. The number of rotatable bonds is 10. The van der Waals surface area contributed by atoms with Gasteiger partial charge < -0.3 is 10.4 Å². The first-order valence-corrected chi connectivity index (χ1v) is 13.4. The summed E-state index contributed by atoms with van der Waals surface area (Å²) >= 11 is 12.5. The fourth-order valence-corrected chi connectivity index (χ4v) is 4.14. The molecule has 194 valence electrons. The highest BCUT2D eigenvalue weighted by Gasteiger charge is 2.10. The molecule has 0 saturated carbocycles. The highest BCUT2D eigenvalue weighted by atomic mass is 35.5. The van der Waals surface area contributed by atoms with E-state index in [1.54, 1.807) is 36.5 Å². The van der Waals surface area contributed by atoms with Gasteiger partial charge in [-0.05, 0) is 56.0 Å². The first-order chi connectivity index (χ1) is 17.2. The topological polar surface area (TPSA) is 70.4 Å². The molecule has 2 N–H and O–H groups in total. The van der Waals surface area contributed by atoms with Gasteiger partial charge in [0, 0.05) is 17.8 Å². The van der Waals surface area contributed by atoms with Gasteiger partial charge in [-0.1, -0.05) is 87.9 Å². The maximum atomic E-state index is 9.32. The molecule has 1 heterocycles. The van der Waals surface area contributed by atoms with Crippen molar-refractivity contribution in [2.24, 2.45) is 10.9 Å². The van der Waals surface area contributed by atoms with Gasteiger partial charge in [0.25, 0.3) is 0 Å². The third kappa shape index (κ3) is 9.79. The number of aliphatic imine (C=N–C) groups is 1. The van der Waals surface area contributed by atoms with Crippen molar-refractivity contribution >= 4 is 40.5 Å². The summed E-state index contributed by atoms with van der Waals surface area (Å²) < 4.78 is 0. The monoisotopic (exact) mass is 528 g/mol. The van der Waals surface area contributed by atoms with E-state index in [9.17, 15) is 5.11 Å². The van der Waals surface area contributed by atoms with Crippen molar-refractivity contribution in [2.75, 3.05) is 11.9 Å². The number of anilines is 1. The van der Waals surface area contributed by atoms with Crippen molar-refractivity contribution in [1.29, 1.82) is 0 Å². The van der Waals surface area contributed by atoms with E-state index in [1.807, 2.05) is 26.0 Å². The summed E-state index contributed by atoms with van der Waals surface area (Å²) in [5, 5.41) is 13.6. The molecule has 36 heavy (non-hydrogen) atoms. The standard InChI is InChI=1S/C21H20Cl2N4O.C8H18/c1-13-19(26-14(2)20-17(22)4-3-5-18(20)23)12-25-21(27-13)24-11-10-15-6-8-16(28)9-7-15;1-4-6-7-8(3)5-2/h3-9,12,28H,10-11H2,1-2H3,(H,24,25,27);8H,4-7H2,1-3H3. The summed E-state index contributed by atoms with van der Waals surface area (Å²) in [6.07, 6.45) is 8.01. The van der Waals surface area contributed by atoms with E-state index < -0.39 is 0 Å². The Hall–Kier alpha value is -2.63. The summed E-state index contributed by atoms with van der Waals surface area (Å²) in [6.45, 7) is 11.3. The molecule has 0 aliphatic carbocycles. The van der Waals surface area contributed by atoms with Gasteiger partial charge in [0.1, 0.15) is 11.4 Å². The van der Waals surface area contributed by atoms with Gasteiger partial charge in [-0.25, -0.2) is 15.0 Å². The average Bonchev–Trinajstić information content (AvgIpc) is 2.85. The predicted octanol–water partition coefficient (Wildman–Crippen LogP) is 8.82. The number of nitrogens with one attached hydrogen (secondary N) is 1. The van der Waals surface area contributed by atoms with Crippen molar-refractivity contribution in [3.8, 4) is 5.75 Å². The van der Waals surface area contributed by atoms with E-state index >= 15 is 0 Å². The van der Waals surface area contributed by atoms with Crippen molar-refractivity contribution in [3.05, 3.63) is 75.5 Å². The molecule has 0 aliphatic heterocycles. The van der Waals surface area contributed by atoms with Crippen LogP contribution in [0.3, 0.4) is 0 Å². The van der Waals surface area contributed by atoms with Gasteiger partial charge in [-0.2, -0.15) is 0 Å². The number of benzene rings is 2. The molecule has 0 saturated heterocycles. The van der Waals surface area contributed by atoms with Crippen LogP contribution in [0, 0.1) is 12.8 Å². The molecule has 0 amide bonds. The lowest BCUT2D eigenvalue weighted by molar-refractivity contribution is 0.475. The number of hydrogen-bond acceptors (Lipinski definition) is 5. The lowest BCUT2D eigenvalue weighted by Gasteiger charge is -2.09. The zero-order valence-electron chi connectivity index (χ0n) is 22.0. The molecule has 0 aliphatic rings. The lowest BCUT2D eigenvalue weighted by Crippen LogP contribution is -2.08. The Balaban J connectivity index is 0.000000493. The predicted molar refractivity (Wildman–Crippen MR) is 154 cm³/mol. The third-order valence-corrected chi connectivity index (χ3v) is 6.58. The van der Waals surface area contributed by atoms with E-state index in [0.29, 0.717) is 39.5 Å². The Bertz CT molecular complexity index is 1100. The van der Waals surface area contributed by atoms with Gasteiger partial charge in [-0.15, -0.1) is 0 Å². The van der Waals surface area contributed by atoms with Gasteiger partial charge >= 0.3 is 0 Å². The van der Waals surface area contributed by atoms with Crippen LogP contribution in [-0.4, -0.2) is 27.3 Å². The van der Waals surface area contributed by atoms with E-state index in [2.05, 4.69) is 41.0 Å². The number of nitrogens with zero attached hydrogens (tertiary/aromatic N) is 3. The molecule has 1 atom stereocenters. The normalized spacial score (nSPS) is 12.0. The van der Waals surface area contributed by atoms with Crippen molar-refractivity contribution in [3.63, 3.8) is 0 Å². The van der Waals surface area contributed by atoms with Crippen molar-refractivity contribution in [1.82, 2.24) is 9.97 Å².